The lowest BCUT2D eigenvalue weighted by molar-refractivity contribution is -0.385. The minimum atomic E-state index is -0.697. The largest absolute Gasteiger partial charge is 0.284 e. The lowest BCUT2D eigenvalue weighted by Crippen LogP contribution is -2.41. The Morgan fingerprint density at radius 3 is 2.41 bits per heavy atom. The molecular formula is C22H14BrN5O4. The first-order chi connectivity index (χ1) is 15.4. The van der Waals surface area contributed by atoms with E-state index in [9.17, 15) is 19.7 Å². The number of nitro benzene ring substituents is 1. The molecular weight excluding hydrogens is 478 g/mol. The summed E-state index contributed by atoms with van der Waals surface area (Å²) in [6.07, 6.45) is 1.63. The number of carbonyl (C=O) groups is 2. The number of nitrogens with zero attached hydrogens (tertiary/aromatic N) is 3. The predicted molar refractivity (Wildman–Crippen MR) is 121 cm³/mol. The Bertz CT molecular complexity index is 1360. The molecule has 4 aromatic rings. The van der Waals surface area contributed by atoms with Crippen molar-refractivity contribution in [2.24, 2.45) is 0 Å². The van der Waals surface area contributed by atoms with Gasteiger partial charge in [0.05, 0.1) is 31.9 Å². The van der Waals surface area contributed by atoms with Crippen molar-refractivity contribution >= 4 is 44.3 Å². The molecule has 32 heavy (non-hydrogen) atoms. The minimum absolute atomic E-state index is 0.0222. The van der Waals surface area contributed by atoms with Gasteiger partial charge in [-0.25, -0.2) is 4.98 Å². The molecule has 2 N–H and O–H groups in total. The zero-order chi connectivity index (χ0) is 22.7. The van der Waals surface area contributed by atoms with Gasteiger partial charge in [0.1, 0.15) is 0 Å². The van der Waals surface area contributed by atoms with E-state index in [0.29, 0.717) is 27.9 Å². The number of aromatic nitrogens is 2. The van der Waals surface area contributed by atoms with Crippen LogP contribution in [0.2, 0.25) is 0 Å². The summed E-state index contributed by atoms with van der Waals surface area (Å²) in [6, 6.07) is 18.0. The van der Waals surface area contributed by atoms with Crippen LogP contribution < -0.4 is 10.9 Å². The monoisotopic (exact) mass is 491 g/mol. The molecule has 0 radical (unpaired) electrons. The third-order valence-corrected chi connectivity index (χ3v) is 5.25. The molecule has 2 aromatic carbocycles. The molecule has 0 atom stereocenters. The molecule has 0 aliphatic heterocycles. The number of hydrogen-bond donors (Lipinski definition) is 2. The second-order valence-electron chi connectivity index (χ2n) is 6.62. The van der Waals surface area contributed by atoms with E-state index in [0.717, 1.165) is 6.07 Å². The average molecular weight is 492 g/mol. The molecule has 9 nitrogen and oxygen atoms in total. The number of nitro groups is 1. The molecule has 0 spiro atoms. The fraction of sp³-hybridized carbons (Fsp3) is 0. The van der Waals surface area contributed by atoms with E-state index < -0.39 is 16.7 Å². The van der Waals surface area contributed by atoms with Gasteiger partial charge in [-0.2, -0.15) is 0 Å². The van der Waals surface area contributed by atoms with Crippen LogP contribution in [0.15, 0.2) is 77.4 Å². The van der Waals surface area contributed by atoms with E-state index in [2.05, 4.69) is 36.7 Å². The highest BCUT2D eigenvalue weighted by Crippen LogP contribution is 2.26. The number of fused-ring (bicyclic) bond motifs is 1. The lowest BCUT2D eigenvalue weighted by Gasteiger charge is -2.11. The lowest BCUT2D eigenvalue weighted by atomic mass is 10.1. The highest BCUT2D eigenvalue weighted by atomic mass is 79.9. The summed E-state index contributed by atoms with van der Waals surface area (Å²) in [7, 11) is 0. The highest BCUT2D eigenvalue weighted by molar-refractivity contribution is 9.10. The van der Waals surface area contributed by atoms with E-state index in [4.69, 9.17) is 0 Å². The van der Waals surface area contributed by atoms with Crippen molar-refractivity contribution in [1.29, 1.82) is 0 Å². The number of benzene rings is 2. The third-order valence-electron chi connectivity index (χ3n) is 4.58. The number of hydrazine groups is 1. The highest BCUT2D eigenvalue weighted by Gasteiger charge is 2.18. The molecule has 2 amide bonds. The number of nitrogens with one attached hydrogen (secondary N) is 2. The van der Waals surface area contributed by atoms with E-state index in [-0.39, 0.29) is 15.7 Å². The van der Waals surface area contributed by atoms with Crippen LogP contribution in [0.3, 0.4) is 0 Å². The van der Waals surface area contributed by atoms with Gasteiger partial charge in [0.2, 0.25) is 0 Å². The topological polar surface area (TPSA) is 127 Å². The van der Waals surface area contributed by atoms with Gasteiger partial charge in [0.15, 0.2) is 0 Å². The van der Waals surface area contributed by atoms with Crippen LogP contribution in [0.25, 0.3) is 22.3 Å². The molecule has 0 saturated heterocycles. The van der Waals surface area contributed by atoms with Gasteiger partial charge in [-0.15, -0.1) is 0 Å². The molecule has 10 heteroatoms. The predicted octanol–water partition coefficient (Wildman–Crippen LogP) is 4.04. The first kappa shape index (κ1) is 21.1. The van der Waals surface area contributed by atoms with Crippen molar-refractivity contribution in [3.8, 4) is 11.4 Å². The average Bonchev–Trinajstić information content (AvgIpc) is 2.82. The molecule has 0 bridgehead atoms. The normalized spacial score (nSPS) is 10.5. The summed E-state index contributed by atoms with van der Waals surface area (Å²) in [5.74, 6) is -1.27. The van der Waals surface area contributed by atoms with Crippen molar-refractivity contribution < 1.29 is 14.5 Å². The van der Waals surface area contributed by atoms with Crippen LogP contribution in [-0.4, -0.2) is 26.7 Å². The molecule has 0 fully saturated rings. The van der Waals surface area contributed by atoms with Crippen LogP contribution >= 0.6 is 15.9 Å². The van der Waals surface area contributed by atoms with Crippen LogP contribution in [0.5, 0.6) is 0 Å². The fourth-order valence-electron chi connectivity index (χ4n) is 3.06. The smallest absolute Gasteiger partial charge is 0.267 e. The summed E-state index contributed by atoms with van der Waals surface area (Å²) in [5.41, 5.74) is 6.40. The van der Waals surface area contributed by atoms with Gasteiger partial charge in [0.25, 0.3) is 17.5 Å². The summed E-state index contributed by atoms with van der Waals surface area (Å²) in [4.78, 5) is 44.7. The Hall–Kier alpha value is -4.18. The number of carbonyl (C=O) groups excluding carboxylic acids is 2. The van der Waals surface area contributed by atoms with Crippen LogP contribution in [0.4, 0.5) is 5.69 Å². The molecule has 4 rings (SSSR count). The first-order valence-corrected chi connectivity index (χ1v) is 10.1. The summed E-state index contributed by atoms with van der Waals surface area (Å²) in [6.45, 7) is 0. The van der Waals surface area contributed by atoms with Crippen LogP contribution in [0, 0.1) is 10.1 Å². The second-order valence-corrected chi connectivity index (χ2v) is 7.47. The van der Waals surface area contributed by atoms with E-state index >= 15 is 0 Å². The number of pyridine rings is 2. The van der Waals surface area contributed by atoms with Gasteiger partial charge in [0, 0.05) is 23.2 Å². The van der Waals surface area contributed by atoms with Gasteiger partial charge in [-0.05, 0) is 52.3 Å². The zero-order valence-corrected chi connectivity index (χ0v) is 17.9. The Morgan fingerprint density at radius 1 is 0.906 bits per heavy atom. The summed E-state index contributed by atoms with van der Waals surface area (Å²) < 4.78 is 0.244. The van der Waals surface area contributed by atoms with Crippen molar-refractivity contribution in [3.63, 3.8) is 0 Å². The SMILES string of the molecule is O=C(NNC(=O)c1cc(-c2ccccn2)nc2ccccc12)c1ccc(Br)c([N+](=O)[O-])c1. The van der Waals surface area contributed by atoms with Gasteiger partial charge in [-0.1, -0.05) is 24.3 Å². The van der Waals surface area contributed by atoms with E-state index in [1.165, 1.54) is 12.1 Å². The van der Waals surface area contributed by atoms with Crippen molar-refractivity contribution in [1.82, 2.24) is 20.8 Å². The quantitative estimate of drug-likeness (QED) is 0.327. The maximum absolute atomic E-state index is 12.9. The minimum Gasteiger partial charge on any atom is -0.267 e. The standard InChI is InChI=1S/C22H14BrN5O4/c23-16-9-8-13(11-20(16)28(31)32)21(29)26-27-22(30)15-12-19(18-7-3-4-10-24-18)25-17-6-2-1-5-14(15)17/h1-12H,(H,26,29)(H,27,30). The Labute approximate surface area is 189 Å². The Kier molecular flexibility index (Phi) is 5.86. The number of halogens is 1. The molecule has 0 aliphatic rings. The Balaban J connectivity index is 1.61. The third kappa shape index (κ3) is 4.30. The summed E-state index contributed by atoms with van der Waals surface area (Å²) in [5, 5.41) is 11.7. The number of rotatable bonds is 4. The van der Waals surface area contributed by atoms with Gasteiger partial charge < -0.3 is 0 Å². The molecule has 0 aliphatic carbocycles. The second kappa shape index (κ2) is 8.90. The Morgan fingerprint density at radius 2 is 1.66 bits per heavy atom. The van der Waals surface area contributed by atoms with E-state index in [1.54, 1.807) is 48.7 Å². The number of amides is 2. The molecule has 0 saturated carbocycles. The fourth-order valence-corrected chi connectivity index (χ4v) is 3.45. The van der Waals surface area contributed by atoms with Crippen molar-refractivity contribution in [2.45, 2.75) is 0 Å². The zero-order valence-electron chi connectivity index (χ0n) is 16.3. The van der Waals surface area contributed by atoms with Crippen molar-refractivity contribution in [2.75, 3.05) is 0 Å². The maximum Gasteiger partial charge on any atom is 0.284 e. The number of hydrogen-bond acceptors (Lipinski definition) is 6. The maximum atomic E-state index is 12.9. The van der Waals surface area contributed by atoms with Crippen LogP contribution in [0.1, 0.15) is 20.7 Å². The summed E-state index contributed by atoms with van der Waals surface area (Å²) >= 11 is 3.07. The first-order valence-electron chi connectivity index (χ1n) is 9.30. The molecule has 2 aromatic heterocycles. The van der Waals surface area contributed by atoms with E-state index in [1.807, 2.05) is 6.07 Å². The van der Waals surface area contributed by atoms with Gasteiger partial charge in [-0.3, -0.25) is 35.5 Å². The molecule has 158 valence electrons. The number of para-hydroxylation sites is 1. The van der Waals surface area contributed by atoms with Crippen LogP contribution in [-0.2, 0) is 0 Å². The van der Waals surface area contributed by atoms with Crippen molar-refractivity contribution in [3.05, 3.63) is 98.6 Å². The molecule has 0 unspecified atom stereocenters. The van der Waals surface area contributed by atoms with Gasteiger partial charge >= 0.3 is 0 Å². The molecule has 2 heterocycles.